The summed E-state index contributed by atoms with van der Waals surface area (Å²) in [6.07, 6.45) is 2.05. The van der Waals surface area contributed by atoms with Gasteiger partial charge in [0.2, 0.25) is 5.91 Å². The van der Waals surface area contributed by atoms with Crippen molar-refractivity contribution in [1.82, 2.24) is 10.6 Å². The zero-order chi connectivity index (χ0) is 12.4. The van der Waals surface area contributed by atoms with Crippen LogP contribution in [0.15, 0.2) is 0 Å². The Kier molecular flexibility index (Phi) is 3.66. The van der Waals surface area contributed by atoms with Gasteiger partial charge in [0, 0.05) is 12.6 Å². The number of nitrogens with one attached hydrogen (secondary N) is 2. The molecule has 1 saturated carbocycles. The van der Waals surface area contributed by atoms with Gasteiger partial charge in [-0.3, -0.25) is 9.59 Å². The molecule has 0 aromatic rings. The highest BCUT2D eigenvalue weighted by atomic mass is 16.4. The third-order valence-corrected chi connectivity index (χ3v) is 3.98. The summed E-state index contributed by atoms with van der Waals surface area (Å²) in [4.78, 5) is 22.8. The molecule has 1 aliphatic heterocycles. The van der Waals surface area contributed by atoms with Crippen LogP contribution in [0.4, 0.5) is 0 Å². The van der Waals surface area contributed by atoms with Crippen molar-refractivity contribution in [2.24, 2.45) is 17.8 Å². The molecule has 1 saturated heterocycles. The highest BCUT2D eigenvalue weighted by Crippen LogP contribution is 2.26. The van der Waals surface area contributed by atoms with Crippen molar-refractivity contribution in [3.8, 4) is 0 Å². The lowest BCUT2D eigenvalue weighted by atomic mass is 9.97. The molecule has 4 atom stereocenters. The molecule has 1 amide bonds. The smallest absolute Gasteiger partial charge is 0.306 e. The van der Waals surface area contributed by atoms with Crippen molar-refractivity contribution in [1.29, 1.82) is 0 Å². The predicted molar refractivity (Wildman–Crippen MR) is 62.4 cm³/mol. The van der Waals surface area contributed by atoms with Crippen molar-refractivity contribution in [2.45, 2.75) is 32.2 Å². The molecule has 0 bridgehead atoms. The highest BCUT2D eigenvalue weighted by molar-refractivity contribution is 5.80. The second kappa shape index (κ2) is 5.04. The summed E-state index contributed by atoms with van der Waals surface area (Å²) in [5, 5.41) is 15.1. The van der Waals surface area contributed by atoms with E-state index in [4.69, 9.17) is 5.11 Å². The monoisotopic (exact) mass is 240 g/mol. The molecular formula is C12H20N2O3. The Labute approximate surface area is 101 Å². The number of carbonyl (C=O) groups excluding carboxylic acids is 1. The lowest BCUT2D eigenvalue weighted by Crippen LogP contribution is -2.40. The van der Waals surface area contributed by atoms with E-state index in [1.807, 2.05) is 0 Å². The van der Waals surface area contributed by atoms with Crippen LogP contribution in [0.1, 0.15) is 26.2 Å². The Bertz CT molecular complexity index is 319. The maximum Gasteiger partial charge on any atom is 0.306 e. The molecule has 96 valence electrons. The second-order valence-corrected chi connectivity index (χ2v) is 5.30. The molecule has 0 radical (unpaired) electrons. The number of carboxylic acid groups (broad SMARTS) is 1. The minimum absolute atomic E-state index is 0.0406. The SMILES string of the molecule is C[C@@H]1CNC[C@H]1C(=O)N[C@H]1CC[C@@H](C(=O)O)C1. The molecule has 5 nitrogen and oxygen atoms in total. The molecule has 1 aliphatic carbocycles. The summed E-state index contributed by atoms with van der Waals surface area (Å²) < 4.78 is 0. The first-order valence-electron chi connectivity index (χ1n) is 6.32. The first-order valence-corrected chi connectivity index (χ1v) is 6.32. The fraction of sp³-hybridized carbons (Fsp3) is 0.833. The molecule has 2 aliphatic rings. The van der Waals surface area contributed by atoms with E-state index in [0.717, 1.165) is 19.5 Å². The van der Waals surface area contributed by atoms with Gasteiger partial charge in [-0.05, 0) is 31.7 Å². The average molecular weight is 240 g/mol. The summed E-state index contributed by atoms with van der Waals surface area (Å²) >= 11 is 0. The third-order valence-electron chi connectivity index (χ3n) is 3.98. The van der Waals surface area contributed by atoms with Gasteiger partial charge in [0.1, 0.15) is 0 Å². The first kappa shape index (κ1) is 12.4. The minimum Gasteiger partial charge on any atom is -0.481 e. The van der Waals surface area contributed by atoms with Gasteiger partial charge in [-0.1, -0.05) is 6.92 Å². The number of carbonyl (C=O) groups is 2. The number of amides is 1. The fourth-order valence-corrected chi connectivity index (χ4v) is 2.81. The second-order valence-electron chi connectivity index (χ2n) is 5.30. The van der Waals surface area contributed by atoms with Gasteiger partial charge in [-0.25, -0.2) is 0 Å². The Hall–Kier alpha value is -1.10. The topological polar surface area (TPSA) is 78.4 Å². The highest BCUT2D eigenvalue weighted by Gasteiger charge is 2.34. The summed E-state index contributed by atoms with van der Waals surface area (Å²) in [5.74, 6) is -0.527. The van der Waals surface area contributed by atoms with Crippen LogP contribution in [0, 0.1) is 17.8 Å². The van der Waals surface area contributed by atoms with E-state index in [1.54, 1.807) is 0 Å². The Morgan fingerprint density at radius 3 is 2.59 bits per heavy atom. The van der Waals surface area contributed by atoms with E-state index < -0.39 is 5.97 Å². The average Bonchev–Trinajstić information content (AvgIpc) is 2.86. The lowest BCUT2D eigenvalue weighted by molar-refractivity contribution is -0.141. The number of aliphatic carboxylic acids is 1. The maximum atomic E-state index is 12.0. The third kappa shape index (κ3) is 2.77. The number of hydrogen-bond donors (Lipinski definition) is 3. The van der Waals surface area contributed by atoms with Gasteiger partial charge < -0.3 is 15.7 Å². The standard InChI is InChI=1S/C12H20N2O3/c1-7-5-13-6-10(7)11(15)14-9-3-2-8(4-9)12(16)17/h7-10,13H,2-6H2,1H3,(H,14,15)(H,16,17)/t7-,8-,9+,10-/m1/s1. The summed E-state index contributed by atoms with van der Waals surface area (Å²) in [6.45, 7) is 3.70. The van der Waals surface area contributed by atoms with E-state index in [1.165, 1.54) is 0 Å². The van der Waals surface area contributed by atoms with Crippen LogP contribution in [0.5, 0.6) is 0 Å². The Balaban J connectivity index is 1.82. The molecule has 0 aromatic heterocycles. The van der Waals surface area contributed by atoms with E-state index in [-0.39, 0.29) is 23.8 Å². The molecule has 2 fully saturated rings. The zero-order valence-electron chi connectivity index (χ0n) is 10.1. The predicted octanol–water partition coefficient (Wildman–Crippen LogP) is 0.211. The van der Waals surface area contributed by atoms with Crippen LogP contribution >= 0.6 is 0 Å². The number of carboxylic acids is 1. The van der Waals surface area contributed by atoms with Crippen LogP contribution < -0.4 is 10.6 Å². The molecule has 2 rings (SSSR count). The zero-order valence-corrected chi connectivity index (χ0v) is 10.1. The summed E-state index contributed by atoms with van der Waals surface area (Å²) in [6, 6.07) is 0.0522. The molecule has 1 heterocycles. The van der Waals surface area contributed by atoms with Crippen molar-refractivity contribution >= 4 is 11.9 Å². The van der Waals surface area contributed by atoms with Crippen LogP contribution in [0.2, 0.25) is 0 Å². The van der Waals surface area contributed by atoms with Crippen LogP contribution in [0.3, 0.4) is 0 Å². The quantitative estimate of drug-likeness (QED) is 0.659. The molecule has 5 heteroatoms. The summed E-state index contributed by atoms with van der Waals surface area (Å²) in [5.41, 5.74) is 0. The molecule has 0 spiro atoms. The number of hydrogen-bond acceptors (Lipinski definition) is 3. The van der Waals surface area contributed by atoms with E-state index >= 15 is 0 Å². The first-order chi connectivity index (χ1) is 8.08. The van der Waals surface area contributed by atoms with Crippen molar-refractivity contribution < 1.29 is 14.7 Å². The molecule has 17 heavy (non-hydrogen) atoms. The number of rotatable bonds is 3. The van der Waals surface area contributed by atoms with Gasteiger partial charge in [0.15, 0.2) is 0 Å². The van der Waals surface area contributed by atoms with Crippen molar-refractivity contribution in [3.05, 3.63) is 0 Å². The van der Waals surface area contributed by atoms with Crippen molar-refractivity contribution in [2.75, 3.05) is 13.1 Å². The van der Waals surface area contributed by atoms with Crippen LogP contribution in [-0.4, -0.2) is 36.1 Å². The summed E-state index contributed by atoms with van der Waals surface area (Å²) in [7, 11) is 0. The molecule has 3 N–H and O–H groups in total. The van der Waals surface area contributed by atoms with Crippen molar-refractivity contribution in [3.63, 3.8) is 0 Å². The fourth-order valence-electron chi connectivity index (χ4n) is 2.81. The van der Waals surface area contributed by atoms with Gasteiger partial charge in [0.25, 0.3) is 0 Å². The lowest BCUT2D eigenvalue weighted by Gasteiger charge is -2.18. The van der Waals surface area contributed by atoms with Crippen LogP contribution in [0.25, 0.3) is 0 Å². The molecular weight excluding hydrogens is 220 g/mol. The maximum absolute atomic E-state index is 12.0. The van der Waals surface area contributed by atoms with Gasteiger partial charge in [-0.15, -0.1) is 0 Å². The van der Waals surface area contributed by atoms with Gasteiger partial charge >= 0.3 is 5.97 Å². The Morgan fingerprint density at radius 1 is 1.29 bits per heavy atom. The minimum atomic E-state index is -0.738. The van der Waals surface area contributed by atoms with E-state index in [2.05, 4.69) is 17.6 Å². The largest absolute Gasteiger partial charge is 0.481 e. The normalized spacial score (nSPS) is 37.0. The van der Waals surface area contributed by atoms with Gasteiger partial charge in [-0.2, -0.15) is 0 Å². The van der Waals surface area contributed by atoms with E-state index in [9.17, 15) is 9.59 Å². The van der Waals surface area contributed by atoms with E-state index in [0.29, 0.717) is 18.8 Å². The van der Waals surface area contributed by atoms with Crippen LogP contribution in [-0.2, 0) is 9.59 Å². The molecule has 0 aromatic carbocycles. The van der Waals surface area contributed by atoms with Gasteiger partial charge in [0.05, 0.1) is 11.8 Å². The Morgan fingerprint density at radius 2 is 2.06 bits per heavy atom. The molecule has 0 unspecified atom stereocenters.